The number of hydrogen-bond acceptors (Lipinski definition) is 5. The van der Waals surface area contributed by atoms with Crippen molar-refractivity contribution in [1.29, 1.82) is 5.26 Å². The highest BCUT2D eigenvalue weighted by Gasteiger charge is 2.11. The molecule has 2 N–H and O–H groups in total. The summed E-state index contributed by atoms with van der Waals surface area (Å²) in [6.07, 6.45) is 0. The van der Waals surface area contributed by atoms with Crippen LogP contribution in [0.2, 0.25) is 5.02 Å². The summed E-state index contributed by atoms with van der Waals surface area (Å²) in [5.41, 5.74) is 1.64. The molecule has 2 rings (SSSR count). The first-order valence-electron chi connectivity index (χ1n) is 6.90. The SMILES string of the molecule is N#Cc1ccc(NC(=O)COC(=O)c2ccc(CO)cc2)cc1Cl. The van der Waals surface area contributed by atoms with Gasteiger partial charge < -0.3 is 15.2 Å². The summed E-state index contributed by atoms with van der Waals surface area (Å²) >= 11 is 5.87. The lowest BCUT2D eigenvalue weighted by Crippen LogP contribution is -2.21. The Bertz CT molecular complexity index is 797. The average Bonchev–Trinajstić information content (AvgIpc) is 2.60. The first kappa shape index (κ1) is 17.5. The zero-order valence-corrected chi connectivity index (χ0v) is 13.2. The maximum absolute atomic E-state index is 11.8. The molecule has 6 nitrogen and oxygen atoms in total. The number of ether oxygens (including phenoxy) is 1. The molecule has 0 aliphatic carbocycles. The normalized spacial score (nSPS) is 9.88. The summed E-state index contributed by atoms with van der Waals surface area (Å²) in [6, 6.07) is 12.6. The van der Waals surface area contributed by atoms with Crippen LogP contribution in [0.4, 0.5) is 5.69 Å². The predicted molar refractivity (Wildman–Crippen MR) is 87.4 cm³/mol. The number of nitrogens with zero attached hydrogens (tertiary/aromatic N) is 1. The van der Waals surface area contributed by atoms with E-state index in [2.05, 4.69) is 5.32 Å². The van der Waals surface area contributed by atoms with Crippen LogP contribution in [0.1, 0.15) is 21.5 Å². The smallest absolute Gasteiger partial charge is 0.338 e. The second-order valence-electron chi connectivity index (χ2n) is 4.79. The quantitative estimate of drug-likeness (QED) is 0.812. The summed E-state index contributed by atoms with van der Waals surface area (Å²) in [5.74, 6) is -1.18. The van der Waals surface area contributed by atoms with Crippen LogP contribution in [-0.4, -0.2) is 23.6 Å². The Labute approximate surface area is 143 Å². The van der Waals surface area contributed by atoms with E-state index < -0.39 is 18.5 Å². The Kier molecular flexibility index (Phi) is 5.90. The fourth-order valence-corrected chi connectivity index (χ4v) is 2.06. The molecule has 2 aromatic rings. The van der Waals surface area contributed by atoms with E-state index in [1.165, 1.54) is 30.3 Å². The van der Waals surface area contributed by atoms with E-state index in [9.17, 15) is 9.59 Å². The van der Waals surface area contributed by atoms with Crippen molar-refractivity contribution in [2.24, 2.45) is 0 Å². The molecule has 0 radical (unpaired) electrons. The number of nitrogens with one attached hydrogen (secondary N) is 1. The lowest BCUT2D eigenvalue weighted by Gasteiger charge is -2.07. The van der Waals surface area contributed by atoms with E-state index in [4.69, 9.17) is 26.7 Å². The fourth-order valence-electron chi connectivity index (χ4n) is 1.84. The second-order valence-corrected chi connectivity index (χ2v) is 5.19. The second kappa shape index (κ2) is 8.11. The maximum Gasteiger partial charge on any atom is 0.338 e. The summed E-state index contributed by atoms with van der Waals surface area (Å²) in [6.45, 7) is -0.580. The van der Waals surface area contributed by atoms with Crippen LogP contribution in [0.3, 0.4) is 0 Å². The van der Waals surface area contributed by atoms with Gasteiger partial charge in [-0.25, -0.2) is 4.79 Å². The van der Waals surface area contributed by atoms with Gasteiger partial charge in [-0.3, -0.25) is 4.79 Å². The van der Waals surface area contributed by atoms with Gasteiger partial charge in [0.05, 0.1) is 22.8 Å². The zero-order valence-electron chi connectivity index (χ0n) is 12.5. The minimum atomic E-state index is -0.646. The van der Waals surface area contributed by atoms with Gasteiger partial charge in [0.1, 0.15) is 6.07 Å². The number of carbonyl (C=O) groups is 2. The molecule has 0 fully saturated rings. The number of halogens is 1. The molecule has 0 saturated carbocycles. The van der Waals surface area contributed by atoms with E-state index in [-0.39, 0.29) is 17.2 Å². The van der Waals surface area contributed by atoms with Crippen molar-refractivity contribution in [3.63, 3.8) is 0 Å². The summed E-state index contributed by atoms with van der Waals surface area (Å²) in [4.78, 5) is 23.6. The van der Waals surface area contributed by atoms with Crippen molar-refractivity contribution < 1.29 is 19.4 Å². The third kappa shape index (κ3) is 4.56. The first-order valence-corrected chi connectivity index (χ1v) is 7.27. The standard InChI is InChI=1S/C17H13ClN2O4/c18-15-7-14(6-5-13(15)8-19)20-16(22)10-24-17(23)12-3-1-11(9-21)2-4-12/h1-7,21H,9-10H2,(H,20,22). The number of esters is 1. The van der Waals surface area contributed by atoms with Gasteiger partial charge >= 0.3 is 5.97 Å². The Morgan fingerprint density at radius 2 is 1.92 bits per heavy atom. The number of amides is 1. The molecule has 0 aliphatic heterocycles. The third-order valence-corrected chi connectivity index (χ3v) is 3.39. The Hall–Kier alpha value is -2.88. The molecule has 24 heavy (non-hydrogen) atoms. The van der Waals surface area contributed by atoms with E-state index in [0.29, 0.717) is 16.8 Å². The molecular formula is C17H13ClN2O4. The van der Waals surface area contributed by atoms with Gasteiger partial charge in [-0.05, 0) is 35.9 Å². The molecule has 122 valence electrons. The number of aliphatic hydroxyl groups is 1. The van der Waals surface area contributed by atoms with Gasteiger partial charge in [-0.15, -0.1) is 0 Å². The number of benzene rings is 2. The van der Waals surface area contributed by atoms with Crippen molar-refractivity contribution >= 4 is 29.2 Å². The van der Waals surface area contributed by atoms with Crippen LogP contribution < -0.4 is 5.32 Å². The molecule has 1 amide bonds. The van der Waals surface area contributed by atoms with Crippen LogP contribution in [0.25, 0.3) is 0 Å². The monoisotopic (exact) mass is 344 g/mol. The Morgan fingerprint density at radius 3 is 2.50 bits per heavy atom. The van der Waals surface area contributed by atoms with E-state index in [1.54, 1.807) is 12.1 Å². The van der Waals surface area contributed by atoms with Gasteiger partial charge in [0.15, 0.2) is 6.61 Å². The molecule has 0 aromatic heterocycles. The van der Waals surface area contributed by atoms with Crippen LogP contribution in [0, 0.1) is 11.3 Å². The van der Waals surface area contributed by atoms with Gasteiger partial charge in [0.2, 0.25) is 0 Å². The number of nitriles is 1. The van der Waals surface area contributed by atoms with Gasteiger partial charge in [-0.2, -0.15) is 5.26 Å². The number of rotatable bonds is 5. The van der Waals surface area contributed by atoms with Crippen molar-refractivity contribution in [2.45, 2.75) is 6.61 Å². The predicted octanol–water partition coefficient (Wildman–Crippen LogP) is 2.50. The molecule has 0 saturated heterocycles. The van der Waals surface area contributed by atoms with Crippen molar-refractivity contribution in [3.8, 4) is 6.07 Å². The fraction of sp³-hybridized carbons (Fsp3) is 0.118. The molecule has 2 aromatic carbocycles. The number of carbonyl (C=O) groups excluding carboxylic acids is 2. The molecule has 0 atom stereocenters. The van der Waals surface area contributed by atoms with Crippen LogP contribution in [-0.2, 0) is 16.1 Å². The van der Waals surface area contributed by atoms with Crippen LogP contribution in [0.15, 0.2) is 42.5 Å². The highest BCUT2D eigenvalue weighted by molar-refractivity contribution is 6.32. The van der Waals surface area contributed by atoms with Crippen molar-refractivity contribution in [3.05, 3.63) is 64.2 Å². The average molecular weight is 345 g/mol. The molecule has 7 heteroatoms. The molecule has 0 bridgehead atoms. The minimum Gasteiger partial charge on any atom is -0.452 e. The van der Waals surface area contributed by atoms with Crippen molar-refractivity contribution in [1.82, 2.24) is 0 Å². The largest absolute Gasteiger partial charge is 0.452 e. The number of hydrogen-bond donors (Lipinski definition) is 2. The minimum absolute atomic E-state index is 0.120. The number of aliphatic hydroxyl groups excluding tert-OH is 1. The highest BCUT2D eigenvalue weighted by atomic mass is 35.5. The van der Waals surface area contributed by atoms with E-state index >= 15 is 0 Å². The summed E-state index contributed by atoms with van der Waals surface area (Å²) in [7, 11) is 0. The molecule has 0 aliphatic rings. The highest BCUT2D eigenvalue weighted by Crippen LogP contribution is 2.20. The lowest BCUT2D eigenvalue weighted by atomic mass is 10.1. The molecule has 0 heterocycles. The summed E-state index contributed by atoms with van der Waals surface area (Å²) in [5, 5.41) is 20.5. The Balaban J connectivity index is 1.89. The number of anilines is 1. The molecule has 0 unspecified atom stereocenters. The van der Waals surface area contributed by atoms with Gasteiger partial charge in [0, 0.05) is 5.69 Å². The van der Waals surface area contributed by atoms with E-state index in [0.717, 1.165) is 0 Å². The zero-order chi connectivity index (χ0) is 17.5. The first-order chi connectivity index (χ1) is 11.5. The molecular weight excluding hydrogens is 332 g/mol. The summed E-state index contributed by atoms with van der Waals surface area (Å²) < 4.78 is 4.91. The topological polar surface area (TPSA) is 99.4 Å². The van der Waals surface area contributed by atoms with Gasteiger partial charge in [-0.1, -0.05) is 23.7 Å². The third-order valence-electron chi connectivity index (χ3n) is 3.08. The molecule has 0 spiro atoms. The van der Waals surface area contributed by atoms with Gasteiger partial charge in [0.25, 0.3) is 5.91 Å². The lowest BCUT2D eigenvalue weighted by molar-refractivity contribution is -0.119. The van der Waals surface area contributed by atoms with Crippen LogP contribution >= 0.6 is 11.6 Å². The maximum atomic E-state index is 11.8. The Morgan fingerprint density at radius 1 is 1.21 bits per heavy atom. The van der Waals surface area contributed by atoms with E-state index in [1.807, 2.05) is 6.07 Å². The van der Waals surface area contributed by atoms with Crippen LogP contribution in [0.5, 0.6) is 0 Å². The van der Waals surface area contributed by atoms with Crippen molar-refractivity contribution in [2.75, 3.05) is 11.9 Å².